The molecule has 13 aromatic carbocycles. The minimum atomic E-state index is -0.500. The summed E-state index contributed by atoms with van der Waals surface area (Å²) in [4.78, 5) is 2.47. The van der Waals surface area contributed by atoms with E-state index in [2.05, 4.69) is 337 Å². The van der Waals surface area contributed by atoms with Gasteiger partial charge in [-0.1, -0.05) is 261 Å². The van der Waals surface area contributed by atoms with Crippen molar-refractivity contribution in [3.8, 4) is 50.2 Å². The van der Waals surface area contributed by atoms with Crippen LogP contribution in [0.1, 0.15) is 44.5 Å². The Morgan fingerprint density at radius 3 is 1.07 bits per heavy atom. The number of rotatable bonds is 10. The van der Waals surface area contributed by atoms with E-state index in [0.29, 0.717) is 0 Å². The number of para-hydroxylation sites is 2. The zero-order valence-corrected chi connectivity index (χ0v) is 45.1. The van der Waals surface area contributed by atoms with Gasteiger partial charge < -0.3 is 9.47 Å². The Bertz CT molecular complexity index is 4440. The molecule has 0 amide bonds. The van der Waals surface area contributed by atoms with Crippen LogP contribution in [0.15, 0.2) is 328 Å². The molecule has 0 bridgehead atoms. The molecule has 0 spiro atoms. The second kappa shape index (κ2) is 19.1. The third-order valence-corrected chi connectivity index (χ3v) is 17.8. The van der Waals surface area contributed by atoms with Gasteiger partial charge in [0.05, 0.1) is 21.9 Å². The van der Waals surface area contributed by atoms with E-state index in [9.17, 15) is 0 Å². The summed E-state index contributed by atoms with van der Waals surface area (Å²) in [5, 5.41) is 2.50. The fourth-order valence-electron chi connectivity index (χ4n) is 14.3. The molecule has 82 heavy (non-hydrogen) atoms. The first kappa shape index (κ1) is 47.5. The summed E-state index contributed by atoms with van der Waals surface area (Å²) < 4.78 is 2.37. The van der Waals surface area contributed by atoms with Crippen molar-refractivity contribution in [3.63, 3.8) is 0 Å². The van der Waals surface area contributed by atoms with E-state index < -0.39 is 10.8 Å². The molecule has 0 saturated heterocycles. The first-order chi connectivity index (χ1) is 40.7. The van der Waals surface area contributed by atoms with Crippen LogP contribution in [0.25, 0.3) is 72.0 Å². The Balaban J connectivity index is 0.835. The molecule has 2 nitrogen and oxygen atoms in total. The van der Waals surface area contributed by atoms with Crippen LogP contribution in [0.4, 0.5) is 17.1 Å². The van der Waals surface area contributed by atoms with E-state index in [1.54, 1.807) is 0 Å². The Morgan fingerprint density at radius 2 is 0.585 bits per heavy atom. The van der Waals surface area contributed by atoms with E-state index in [1.807, 2.05) is 0 Å². The molecule has 0 fully saturated rings. The fourth-order valence-corrected chi connectivity index (χ4v) is 14.3. The Kier molecular flexibility index (Phi) is 11.0. The molecule has 16 rings (SSSR count). The summed E-state index contributed by atoms with van der Waals surface area (Å²) in [6.07, 6.45) is 0. The second-order valence-electron chi connectivity index (χ2n) is 21.9. The van der Waals surface area contributed by atoms with Crippen molar-refractivity contribution in [2.24, 2.45) is 0 Å². The van der Waals surface area contributed by atoms with Gasteiger partial charge >= 0.3 is 0 Å². The number of hydrogen-bond acceptors (Lipinski definition) is 1. The highest BCUT2D eigenvalue weighted by Crippen LogP contribution is 2.59. The van der Waals surface area contributed by atoms with E-state index in [0.717, 1.165) is 22.6 Å². The van der Waals surface area contributed by atoms with Crippen molar-refractivity contribution in [3.05, 3.63) is 372 Å². The number of hydrogen-bond donors (Lipinski definition) is 0. The summed E-state index contributed by atoms with van der Waals surface area (Å²) in [6, 6.07) is 121. The van der Waals surface area contributed by atoms with Crippen molar-refractivity contribution in [2.45, 2.75) is 10.8 Å². The van der Waals surface area contributed by atoms with Crippen LogP contribution >= 0.6 is 0 Å². The van der Waals surface area contributed by atoms with E-state index in [-0.39, 0.29) is 0 Å². The number of aromatic nitrogens is 1. The van der Waals surface area contributed by atoms with Crippen LogP contribution in [0.3, 0.4) is 0 Å². The Labute approximate surface area is 478 Å². The van der Waals surface area contributed by atoms with Gasteiger partial charge in [-0.3, -0.25) is 0 Å². The highest BCUT2D eigenvalue weighted by Gasteiger charge is 2.48. The average molecular weight is 1040 g/mol. The molecule has 2 aliphatic carbocycles. The molecule has 14 aromatic rings. The SMILES string of the molecule is c1ccc(-n2c3ccccc3c3cc(-c4ccc(-c5ccc(N(c6ccc7c(c6)-c6ccccc6C7(c6ccccc6)c6ccccc6)c6ccc7c(c6)-c6ccccc6C7(c6ccccc6)c6ccccc6)cc5)cc4)ccc32)cc1. The third kappa shape index (κ3) is 7.14. The first-order valence-corrected chi connectivity index (χ1v) is 28.5. The molecule has 384 valence electrons. The molecule has 0 atom stereocenters. The maximum atomic E-state index is 2.47. The molecule has 0 aliphatic heterocycles. The van der Waals surface area contributed by atoms with Crippen LogP contribution in [-0.2, 0) is 10.8 Å². The highest BCUT2D eigenvalue weighted by atomic mass is 15.1. The van der Waals surface area contributed by atoms with Gasteiger partial charge in [-0.05, 0) is 156 Å². The molecule has 0 unspecified atom stereocenters. The average Bonchev–Trinajstić information content (AvgIpc) is 3.71. The molecule has 1 aromatic heterocycles. The lowest BCUT2D eigenvalue weighted by Gasteiger charge is -2.34. The van der Waals surface area contributed by atoms with Crippen molar-refractivity contribution >= 4 is 38.9 Å². The quantitative estimate of drug-likeness (QED) is 0.133. The third-order valence-electron chi connectivity index (χ3n) is 17.8. The fraction of sp³-hybridized carbons (Fsp3) is 0.0250. The molecular formula is C80H54N2. The van der Waals surface area contributed by atoms with Crippen molar-refractivity contribution in [1.29, 1.82) is 0 Å². The predicted octanol–water partition coefficient (Wildman–Crippen LogP) is 20.3. The first-order valence-electron chi connectivity index (χ1n) is 28.5. The van der Waals surface area contributed by atoms with Crippen LogP contribution < -0.4 is 4.90 Å². The van der Waals surface area contributed by atoms with Gasteiger partial charge in [0.25, 0.3) is 0 Å². The maximum absolute atomic E-state index is 2.47. The lowest BCUT2D eigenvalue weighted by molar-refractivity contribution is 0.768. The number of nitrogens with zero attached hydrogens (tertiary/aromatic N) is 2. The lowest BCUT2D eigenvalue weighted by atomic mass is 9.67. The zero-order chi connectivity index (χ0) is 54.2. The maximum Gasteiger partial charge on any atom is 0.0713 e. The summed E-state index contributed by atoms with van der Waals surface area (Å²) in [5.74, 6) is 0. The largest absolute Gasteiger partial charge is 0.310 e. The van der Waals surface area contributed by atoms with Gasteiger partial charge in [0.15, 0.2) is 0 Å². The van der Waals surface area contributed by atoms with Gasteiger partial charge in [-0.2, -0.15) is 0 Å². The molecular weight excluding hydrogens is 989 g/mol. The molecule has 1 heterocycles. The van der Waals surface area contributed by atoms with Crippen molar-refractivity contribution < 1.29 is 0 Å². The van der Waals surface area contributed by atoms with Crippen molar-refractivity contribution in [2.75, 3.05) is 4.90 Å². The Morgan fingerprint density at radius 1 is 0.232 bits per heavy atom. The molecule has 0 saturated carbocycles. The molecule has 0 radical (unpaired) electrons. The van der Waals surface area contributed by atoms with Gasteiger partial charge in [-0.15, -0.1) is 0 Å². The van der Waals surface area contributed by atoms with E-state index in [4.69, 9.17) is 0 Å². The summed E-state index contributed by atoms with van der Waals surface area (Å²) >= 11 is 0. The second-order valence-corrected chi connectivity index (χ2v) is 21.9. The van der Waals surface area contributed by atoms with Crippen LogP contribution in [0, 0.1) is 0 Å². The predicted molar refractivity (Wildman–Crippen MR) is 341 cm³/mol. The van der Waals surface area contributed by atoms with Gasteiger partial charge in [0.2, 0.25) is 0 Å². The zero-order valence-electron chi connectivity index (χ0n) is 45.1. The van der Waals surface area contributed by atoms with E-state index in [1.165, 1.54) is 111 Å². The summed E-state index contributed by atoms with van der Waals surface area (Å²) in [7, 11) is 0. The van der Waals surface area contributed by atoms with Crippen LogP contribution in [0.5, 0.6) is 0 Å². The molecule has 2 heteroatoms. The van der Waals surface area contributed by atoms with Crippen LogP contribution in [0.2, 0.25) is 0 Å². The van der Waals surface area contributed by atoms with Gasteiger partial charge in [0.1, 0.15) is 0 Å². The number of fused-ring (bicyclic) bond motifs is 9. The standard InChI is InChI=1S/C80H54N2/c1-6-22-59(23-7-1)79(60-24-8-2-9-25-60)73-35-19-16-32-67(73)70-53-65(47-49-75(70)79)81(66-48-50-76-71(54-66)68-33-17-20-36-74(68)80(76,61-26-10-3-11-27-61)62-28-12-4-13-29-62)64-45-42-56(43-46-64)55-38-40-57(41-39-55)58-44-51-78-72(52-58)69-34-18-21-37-77(69)82(78)63-30-14-5-15-31-63/h1-54H. The van der Waals surface area contributed by atoms with Crippen LogP contribution in [-0.4, -0.2) is 4.57 Å². The molecule has 0 N–H and O–H groups in total. The van der Waals surface area contributed by atoms with Gasteiger partial charge in [0, 0.05) is 33.5 Å². The van der Waals surface area contributed by atoms with Gasteiger partial charge in [-0.25, -0.2) is 0 Å². The molecule has 2 aliphatic rings. The monoisotopic (exact) mass is 1040 g/mol. The smallest absolute Gasteiger partial charge is 0.0713 e. The highest BCUT2D eigenvalue weighted by molar-refractivity contribution is 6.10. The number of benzene rings is 13. The normalized spacial score (nSPS) is 13.3. The number of anilines is 3. The summed E-state index contributed by atoms with van der Waals surface area (Å²) in [5.41, 5.74) is 25.7. The topological polar surface area (TPSA) is 8.17 Å². The Hall–Kier alpha value is -10.5. The van der Waals surface area contributed by atoms with E-state index >= 15 is 0 Å². The van der Waals surface area contributed by atoms with Crippen molar-refractivity contribution in [1.82, 2.24) is 4.57 Å². The lowest BCUT2D eigenvalue weighted by Crippen LogP contribution is -2.28. The minimum Gasteiger partial charge on any atom is -0.310 e. The summed E-state index contributed by atoms with van der Waals surface area (Å²) in [6.45, 7) is 0. The minimum absolute atomic E-state index is 0.500.